The van der Waals surface area contributed by atoms with Crippen molar-refractivity contribution in [1.82, 2.24) is 4.90 Å². The van der Waals surface area contributed by atoms with Crippen LogP contribution in [0.5, 0.6) is 0 Å². The number of anilines is 2. The number of rotatable bonds is 7. The van der Waals surface area contributed by atoms with Gasteiger partial charge in [-0.3, -0.25) is 4.79 Å². The van der Waals surface area contributed by atoms with Crippen LogP contribution in [0.1, 0.15) is 30.0 Å². The van der Waals surface area contributed by atoms with E-state index < -0.39 is 6.09 Å². The molecule has 1 saturated heterocycles. The van der Waals surface area contributed by atoms with Gasteiger partial charge in [0.2, 0.25) is 5.91 Å². The molecule has 1 atom stereocenters. The molecule has 1 fully saturated rings. The number of carbonyl (C=O) groups excluding carboxylic acids is 2. The largest absolute Gasteiger partial charge is 0.447 e. The van der Waals surface area contributed by atoms with Crippen LogP contribution < -0.4 is 16.6 Å². The summed E-state index contributed by atoms with van der Waals surface area (Å²) in [5.74, 6) is 5.72. The van der Waals surface area contributed by atoms with Crippen LogP contribution in [-0.2, 0) is 22.4 Å². The first-order valence-corrected chi connectivity index (χ1v) is 9.85. The van der Waals surface area contributed by atoms with Crippen molar-refractivity contribution in [3.63, 3.8) is 0 Å². The molecule has 154 valence electrons. The zero-order valence-corrected chi connectivity index (χ0v) is 16.9. The predicted molar refractivity (Wildman–Crippen MR) is 113 cm³/mol. The number of carbonyl (C=O) groups is 2. The third-order valence-electron chi connectivity index (χ3n) is 5.41. The molecular weight excluding hydrogens is 368 g/mol. The fraction of sp³-hybridized carbons (Fsp3) is 0.364. The highest BCUT2D eigenvalue weighted by molar-refractivity contribution is 5.93. The summed E-state index contributed by atoms with van der Waals surface area (Å²) in [6.45, 7) is 4.73. The number of nitrogen functional groups attached to an aromatic ring is 1. The molecule has 29 heavy (non-hydrogen) atoms. The Morgan fingerprint density at radius 2 is 1.97 bits per heavy atom. The van der Waals surface area contributed by atoms with Gasteiger partial charge in [-0.15, -0.1) is 0 Å². The highest BCUT2D eigenvalue weighted by Crippen LogP contribution is 2.28. The van der Waals surface area contributed by atoms with Crippen molar-refractivity contribution in [3.8, 4) is 0 Å². The van der Waals surface area contributed by atoms with Gasteiger partial charge in [0, 0.05) is 13.0 Å². The molecule has 0 saturated carbocycles. The van der Waals surface area contributed by atoms with Crippen molar-refractivity contribution in [2.75, 3.05) is 23.9 Å². The molecule has 4 N–H and O–H groups in total. The van der Waals surface area contributed by atoms with Crippen LogP contribution >= 0.6 is 0 Å². The molecule has 0 aliphatic carbocycles. The Morgan fingerprint density at radius 3 is 2.66 bits per heavy atom. The van der Waals surface area contributed by atoms with Gasteiger partial charge in [0.1, 0.15) is 6.61 Å². The normalized spacial score (nSPS) is 16.0. The fourth-order valence-corrected chi connectivity index (χ4v) is 3.62. The number of hydrazine groups is 1. The van der Waals surface area contributed by atoms with E-state index in [0.717, 1.165) is 22.4 Å². The van der Waals surface area contributed by atoms with Crippen LogP contribution in [-0.4, -0.2) is 36.1 Å². The summed E-state index contributed by atoms with van der Waals surface area (Å²) >= 11 is 0. The summed E-state index contributed by atoms with van der Waals surface area (Å²) in [6, 6.07) is 13.3. The van der Waals surface area contributed by atoms with E-state index in [9.17, 15) is 9.59 Å². The van der Waals surface area contributed by atoms with E-state index in [4.69, 9.17) is 16.3 Å². The van der Waals surface area contributed by atoms with Gasteiger partial charge in [0.15, 0.2) is 0 Å². The zero-order valence-electron chi connectivity index (χ0n) is 16.9. The van der Waals surface area contributed by atoms with Crippen LogP contribution in [0.2, 0.25) is 0 Å². The molecule has 2 aromatic carbocycles. The molecule has 1 heterocycles. The summed E-state index contributed by atoms with van der Waals surface area (Å²) in [5, 5.41) is 1.59. The smallest absolute Gasteiger partial charge is 0.416 e. The second kappa shape index (κ2) is 8.96. The van der Waals surface area contributed by atoms with E-state index in [-0.39, 0.29) is 25.0 Å². The Bertz CT molecular complexity index is 885. The number of nitrogens with two attached hydrogens (primary N) is 2. The van der Waals surface area contributed by atoms with Crippen molar-refractivity contribution in [2.45, 2.75) is 39.2 Å². The average molecular weight is 396 g/mol. The van der Waals surface area contributed by atoms with Gasteiger partial charge in [0.25, 0.3) is 0 Å². The van der Waals surface area contributed by atoms with E-state index in [0.29, 0.717) is 25.1 Å². The molecule has 3 rings (SSSR count). The molecule has 1 aliphatic heterocycles. The highest BCUT2D eigenvalue weighted by Gasteiger charge is 2.37. The standard InChI is InChI=1S/C22H28N4O3/c1-3-25(24)19-11-9-17(15(2)21(19)23)10-12-20(27)26-18(14-29-22(26)28)13-16-7-5-4-6-8-16/h4-9,11,18H,3,10,12-14,23-24H2,1-2H3/t18-/m0/s1. The predicted octanol–water partition coefficient (Wildman–Crippen LogP) is 2.80. The molecule has 0 bridgehead atoms. The van der Waals surface area contributed by atoms with E-state index in [1.54, 1.807) is 5.01 Å². The monoisotopic (exact) mass is 396 g/mol. The van der Waals surface area contributed by atoms with Crippen molar-refractivity contribution >= 4 is 23.4 Å². The number of imide groups is 1. The van der Waals surface area contributed by atoms with Crippen molar-refractivity contribution in [3.05, 3.63) is 59.2 Å². The second-order valence-electron chi connectivity index (χ2n) is 7.25. The minimum atomic E-state index is -0.566. The Morgan fingerprint density at radius 1 is 1.24 bits per heavy atom. The molecule has 0 aromatic heterocycles. The van der Waals surface area contributed by atoms with Crippen molar-refractivity contribution in [1.29, 1.82) is 0 Å². The lowest BCUT2D eigenvalue weighted by atomic mass is 10.00. The van der Waals surface area contributed by atoms with Gasteiger partial charge in [0.05, 0.1) is 17.4 Å². The third kappa shape index (κ3) is 4.51. The molecule has 2 aromatic rings. The van der Waals surface area contributed by atoms with Crippen LogP contribution in [0.25, 0.3) is 0 Å². The number of ether oxygens (including phenoxy) is 1. The minimum Gasteiger partial charge on any atom is -0.447 e. The SMILES string of the molecule is CCN(N)c1ccc(CCC(=O)N2C(=O)OC[C@@H]2Cc2ccccc2)c(C)c1N. The molecular formula is C22H28N4O3. The maximum Gasteiger partial charge on any atom is 0.416 e. The quantitative estimate of drug-likeness (QED) is 0.424. The van der Waals surface area contributed by atoms with Gasteiger partial charge in [-0.05, 0) is 49.4 Å². The molecule has 0 radical (unpaired) electrons. The highest BCUT2D eigenvalue weighted by atomic mass is 16.6. The minimum absolute atomic E-state index is 0.208. The van der Waals surface area contributed by atoms with Gasteiger partial charge < -0.3 is 15.5 Å². The van der Waals surface area contributed by atoms with Gasteiger partial charge >= 0.3 is 6.09 Å². The number of amides is 2. The molecule has 0 spiro atoms. The average Bonchev–Trinajstić information content (AvgIpc) is 3.09. The molecule has 7 nitrogen and oxygen atoms in total. The molecule has 0 unspecified atom stereocenters. The Hall–Kier alpha value is -3.06. The van der Waals surface area contributed by atoms with Crippen molar-refractivity contribution < 1.29 is 14.3 Å². The molecule has 7 heteroatoms. The Balaban J connectivity index is 1.68. The first-order chi connectivity index (χ1) is 13.9. The maximum atomic E-state index is 12.8. The lowest BCUT2D eigenvalue weighted by Crippen LogP contribution is -2.40. The van der Waals surface area contributed by atoms with Gasteiger partial charge in [-0.1, -0.05) is 36.4 Å². The number of hydrogen-bond acceptors (Lipinski definition) is 6. The van der Waals surface area contributed by atoms with E-state index >= 15 is 0 Å². The van der Waals surface area contributed by atoms with Crippen molar-refractivity contribution in [2.24, 2.45) is 5.84 Å². The summed E-state index contributed by atoms with van der Waals surface area (Å²) in [6.07, 6.45) is 0.722. The number of hydrogen-bond donors (Lipinski definition) is 2. The van der Waals surface area contributed by atoms with Crippen LogP contribution in [0.3, 0.4) is 0 Å². The van der Waals surface area contributed by atoms with Crippen LogP contribution in [0.15, 0.2) is 42.5 Å². The summed E-state index contributed by atoms with van der Waals surface area (Å²) in [5.41, 5.74) is 10.5. The summed E-state index contributed by atoms with van der Waals surface area (Å²) in [7, 11) is 0. The third-order valence-corrected chi connectivity index (χ3v) is 5.41. The number of cyclic esters (lactones) is 1. The lowest BCUT2D eigenvalue weighted by molar-refractivity contribution is -0.129. The molecule has 2 amide bonds. The van der Waals surface area contributed by atoms with Crippen LogP contribution in [0, 0.1) is 6.92 Å². The van der Waals surface area contributed by atoms with E-state index in [1.807, 2.05) is 56.3 Å². The number of nitrogens with zero attached hydrogens (tertiary/aromatic N) is 2. The second-order valence-corrected chi connectivity index (χ2v) is 7.25. The topological polar surface area (TPSA) is 102 Å². The van der Waals surface area contributed by atoms with E-state index in [2.05, 4.69) is 0 Å². The Kier molecular flexibility index (Phi) is 6.39. The first kappa shape index (κ1) is 20.7. The zero-order chi connectivity index (χ0) is 21.0. The molecule has 1 aliphatic rings. The van der Waals surface area contributed by atoms with Crippen LogP contribution in [0.4, 0.5) is 16.2 Å². The number of benzene rings is 2. The maximum absolute atomic E-state index is 12.8. The van der Waals surface area contributed by atoms with E-state index in [1.165, 1.54) is 4.90 Å². The summed E-state index contributed by atoms with van der Waals surface area (Å²) in [4.78, 5) is 26.2. The Labute approximate surface area is 171 Å². The first-order valence-electron chi connectivity index (χ1n) is 9.85. The van der Waals surface area contributed by atoms with Gasteiger partial charge in [-0.2, -0.15) is 0 Å². The van der Waals surface area contributed by atoms with Gasteiger partial charge in [-0.25, -0.2) is 15.5 Å². The number of aryl methyl sites for hydroxylation is 1. The summed E-state index contributed by atoms with van der Waals surface area (Å²) < 4.78 is 5.15. The fourth-order valence-electron chi connectivity index (χ4n) is 3.62. The lowest BCUT2D eigenvalue weighted by Gasteiger charge is -2.22.